The van der Waals surface area contributed by atoms with Crippen molar-refractivity contribution in [2.75, 3.05) is 13.1 Å². The van der Waals surface area contributed by atoms with E-state index in [0.717, 1.165) is 60.5 Å². The number of thiophene rings is 1. The number of carbonyl (C=O) groups excluding carboxylic acids is 2. The third-order valence-corrected chi connectivity index (χ3v) is 6.27. The van der Waals surface area contributed by atoms with E-state index in [1.807, 2.05) is 35.2 Å². The lowest BCUT2D eigenvalue weighted by Gasteiger charge is -2.23. The van der Waals surface area contributed by atoms with E-state index in [2.05, 4.69) is 0 Å². The maximum atomic E-state index is 12.6. The molecule has 142 valence electrons. The number of nitrogens with zero attached hydrogens (tertiary/aromatic N) is 1. The fourth-order valence-electron chi connectivity index (χ4n) is 3.62. The Morgan fingerprint density at radius 3 is 2.67 bits per heavy atom. The van der Waals surface area contributed by atoms with E-state index in [4.69, 9.17) is 9.47 Å². The van der Waals surface area contributed by atoms with Crippen LogP contribution in [0, 0.1) is 0 Å². The van der Waals surface area contributed by atoms with Gasteiger partial charge in [0.05, 0.1) is 0 Å². The number of hydrogen-bond acceptors (Lipinski definition) is 5. The van der Waals surface area contributed by atoms with Crippen LogP contribution in [0.1, 0.15) is 47.8 Å². The summed E-state index contributed by atoms with van der Waals surface area (Å²) in [5.74, 6) is 0.291. The Balaban J connectivity index is 1.46. The fourth-order valence-corrected chi connectivity index (χ4v) is 4.70. The number of likely N-dealkylation sites (tertiary alicyclic amines) is 1. The highest BCUT2D eigenvalue weighted by Gasteiger charge is 2.27. The molecular formula is C21H23NO4S. The van der Waals surface area contributed by atoms with Crippen LogP contribution in [0.15, 0.2) is 30.3 Å². The van der Waals surface area contributed by atoms with Crippen LogP contribution in [-0.4, -0.2) is 36.0 Å². The summed E-state index contributed by atoms with van der Waals surface area (Å²) < 4.78 is 11.2. The third kappa shape index (κ3) is 3.72. The summed E-state index contributed by atoms with van der Waals surface area (Å²) in [6, 6.07) is 9.63. The highest BCUT2D eigenvalue weighted by atomic mass is 32.1. The molecule has 1 fully saturated rings. The molecule has 27 heavy (non-hydrogen) atoms. The summed E-state index contributed by atoms with van der Waals surface area (Å²) in [4.78, 5) is 28.6. The largest absolute Gasteiger partial charge is 0.488 e. The molecule has 1 saturated heterocycles. The summed E-state index contributed by atoms with van der Waals surface area (Å²) in [5, 5.41) is 0. The molecule has 0 spiro atoms. The van der Waals surface area contributed by atoms with E-state index in [-0.39, 0.29) is 5.91 Å². The Morgan fingerprint density at radius 1 is 1.15 bits per heavy atom. The number of esters is 1. The Morgan fingerprint density at radius 2 is 1.89 bits per heavy atom. The molecule has 6 heteroatoms. The normalized spacial score (nSPS) is 17.1. The predicted octanol–water partition coefficient (Wildman–Crippen LogP) is 4.26. The van der Waals surface area contributed by atoms with Crippen LogP contribution in [0.3, 0.4) is 0 Å². The van der Waals surface area contributed by atoms with E-state index in [1.165, 1.54) is 11.3 Å². The third-order valence-electron chi connectivity index (χ3n) is 5.07. The first-order valence-electron chi connectivity index (χ1n) is 9.48. The summed E-state index contributed by atoms with van der Waals surface area (Å²) in [6.07, 6.45) is 3.58. The highest BCUT2D eigenvalue weighted by molar-refractivity contribution is 7.17. The second-order valence-electron chi connectivity index (χ2n) is 7.04. The molecule has 0 N–H and O–H groups in total. The minimum absolute atomic E-state index is 0.0970. The summed E-state index contributed by atoms with van der Waals surface area (Å²) >= 11 is 1.40. The minimum atomic E-state index is -0.765. The van der Waals surface area contributed by atoms with Gasteiger partial charge >= 0.3 is 5.97 Å². The molecule has 0 radical (unpaired) electrons. The van der Waals surface area contributed by atoms with Gasteiger partial charge in [-0.2, -0.15) is 0 Å². The topological polar surface area (TPSA) is 55.8 Å². The molecule has 2 aliphatic rings. The van der Waals surface area contributed by atoms with E-state index in [1.54, 1.807) is 6.92 Å². The van der Waals surface area contributed by atoms with Crippen molar-refractivity contribution in [3.05, 3.63) is 40.8 Å². The zero-order chi connectivity index (χ0) is 18.8. The van der Waals surface area contributed by atoms with Crippen LogP contribution in [-0.2, 0) is 16.1 Å². The number of fused-ring (bicyclic) bond motifs is 3. The Hall–Kier alpha value is -2.34. The lowest BCUT2D eigenvalue weighted by Crippen LogP contribution is -2.40. The van der Waals surface area contributed by atoms with E-state index < -0.39 is 12.1 Å². The molecule has 4 rings (SSSR count). The number of amides is 1. The second-order valence-corrected chi connectivity index (χ2v) is 8.09. The lowest BCUT2D eigenvalue weighted by atomic mass is 10.1. The van der Waals surface area contributed by atoms with Gasteiger partial charge in [-0.05, 0) is 38.0 Å². The van der Waals surface area contributed by atoms with E-state index in [0.29, 0.717) is 11.5 Å². The highest BCUT2D eigenvalue weighted by Crippen LogP contribution is 2.42. The number of para-hydroxylation sites is 1. The second kappa shape index (κ2) is 7.72. The van der Waals surface area contributed by atoms with Crippen LogP contribution < -0.4 is 4.74 Å². The van der Waals surface area contributed by atoms with Crippen molar-refractivity contribution in [3.63, 3.8) is 0 Å². The van der Waals surface area contributed by atoms with Crippen molar-refractivity contribution in [2.24, 2.45) is 0 Å². The van der Waals surface area contributed by atoms with Gasteiger partial charge in [0.2, 0.25) is 0 Å². The molecule has 5 nitrogen and oxygen atoms in total. The predicted molar refractivity (Wildman–Crippen MR) is 104 cm³/mol. The van der Waals surface area contributed by atoms with E-state index >= 15 is 0 Å². The summed E-state index contributed by atoms with van der Waals surface area (Å²) in [5.41, 5.74) is 1.98. The zero-order valence-electron chi connectivity index (χ0n) is 15.4. The van der Waals surface area contributed by atoms with Gasteiger partial charge in [-0.15, -0.1) is 11.3 Å². The lowest BCUT2D eigenvalue weighted by molar-refractivity contribution is -0.139. The van der Waals surface area contributed by atoms with Crippen molar-refractivity contribution in [1.29, 1.82) is 0 Å². The van der Waals surface area contributed by atoms with Crippen LogP contribution >= 0.6 is 11.3 Å². The van der Waals surface area contributed by atoms with Gasteiger partial charge in [0.25, 0.3) is 5.91 Å². The molecule has 2 aromatic rings. The van der Waals surface area contributed by atoms with Crippen molar-refractivity contribution >= 4 is 23.2 Å². The van der Waals surface area contributed by atoms with Gasteiger partial charge in [0.15, 0.2) is 6.10 Å². The van der Waals surface area contributed by atoms with Gasteiger partial charge in [-0.25, -0.2) is 4.79 Å². The van der Waals surface area contributed by atoms with Crippen molar-refractivity contribution in [3.8, 4) is 16.2 Å². The number of hydrogen-bond donors (Lipinski definition) is 0. The van der Waals surface area contributed by atoms with Crippen LogP contribution in [0.2, 0.25) is 0 Å². The molecule has 1 aromatic heterocycles. The monoisotopic (exact) mass is 385 g/mol. The fraction of sp³-hybridized carbons (Fsp3) is 0.429. The van der Waals surface area contributed by atoms with Crippen molar-refractivity contribution < 1.29 is 19.1 Å². The smallest absolute Gasteiger partial charge is 0.349 e. The Kier molecular flexibility index (Phi) is 5.16. The van der Waals surface area contributed by atoms with Gasteiger partial charge in [-0.1, -0.05) is 25.0 Å². The van der Waals surface area contributed by atoms with Gasteiger partial charge in [0, 0.05) is 29.1 Å². The molecule has 1 aromatic carbocycles. The van der Waals surface area contributed by atoms with Gasteiger partial charge in [-0.3, -0.25) is 4.79 Å². The van der Waals surface area contributed by atoms with Crippen LogP contribution in [0.5, 0.6) is 5.75 Å². The maximum Gasteiger partial charge on any atom is 0.349 e. The minimum Gasteiger partial charge on any atom is -0.488 e. The molecule has 0 saturated carbocycles. The molecule has 1 amide bonds. The average molecular weight is 385 g/mol. The average Bonchev–Trinajstić information content (AvgIpc) is 2.95. The first-order valence-corrected chi connectivity index (χ1v) is 10.3. The number of rotatable bonds is 3. The SMILES string of the molecule is C[C@@H](OC(=O)c1cc2c(s1)-c1ccccc1OC2)C(=O)N1CCCCCC1. The summed E-state index contributed by atoms with van der Waals surface area (Å²) in [6.45, 7) is 3.61. The quantitative estimate of drug-likeness (QED) is 0.741. The molecule has 0 unspecified atom stereocenters. The molecular weight excluding hydrogens is 362 g/mol. The number of benzene rings is 1. The number of carbonyl (C=O) groups is 2. The number of ether oxygens (including phenoxy) is 2. The van der Waals surface area contributed by atoms with Crippen LogP contribution in [0.4, 0.5) is 0 Å². The Bertz CT molecular complexity index is 852. The van der Waals surface area contributed by atoms with Gasteiger partial charge in [0.1, 0.15) is 17.2 Å². The Labute approximate surface area is 162 Å². The molecule has 1 atom stereocenters. The van der Waals surface area contributed by atoms with Gasteiger partial charge < -0.3 is 14.4 Å². The zero-order valence-corrected chi connectivity index (χ0v) is 16.2. The van der Waals surface area contributed by atoms with Crippen LogP contribution in [0.25, 0.3) is 10.4 Å². The first-order chi connectivity index (χ1) is 13.1. The molecule has 0 aliphatic carbocycles. The van der Waals surface area contributed by atoms with E-state index in [9.17, 15) is 9.59 Å². The maximum absolute atomic E-state index is 12.6. The first kappa shape index (κ1) is 18.0. The standard InChI is InChI=1S/C21H23NO4S/c1-14(20(23)22-10-6-2-3-7-11-22)26-21(24)18-12-15-13-25-17-9-5-4-8-16(17)19(15)27-18/h4-5,8-9,12,14H,2-3,6-7,10-11,13H2,1H3/t14-/m1/s1. The van der Waals surface area contributed by atoms with Crippen molar-refractivity contribution in [1.82, 2.24) is 4.90 Å². The molecule has 0 bridgehead atoms. The summed E-state index contributed by atoms with van der Waals surface area (Å²) in [7, 11) is 0. The molecule has 2 aliphatic heterocycles. The molecule has 3 heterocycles. The van der Waals surface area contributed by atoms with Crippen molar-refractivity contribution in [2.45, 2.75) is 45.3 Å².